The van der Waals surface area contributed by atoms with E-state index in [4.69, 9.17) is 15.7 Å². The molecule has 0 amide bonds. The van der Waals surface area contributed by atoms with E-state index < -0.39 is 10.0 Å². The van der Waals surface area contributed by atoms with Crippen LogP contribution >= 0.6 is 0 Å². The van der Waals surface area contributed by atoms with E-state index in [1.165, 1.54) is 0 Å². The van der Waals surface area contributed by atoms with Gasteiger partial charge in [0.1, 0.15) is 0 Å². The van der Waals surface area contributed by atoms with Crippen molar-refractivity contribution in [1.29, 1.82) is 5.26 Å². The van der Waals surface area contributed by atoms with Crippen LogP contribution in [-0.4, -0.2) is 33.2 Å². The first-order valence-corrected chi connectivity index (χ1v) is 8.51. The Bertz CT molecular complexity index is 666. The molecule has 1 heterocycles. The highest BCUT2D eigenvalue weighted by molar-refractivity contribution is 7.88. The first-order chi connectivity index (χ1) is 10.00. The Balaban J connectivity index is 1.65. The molecular formula is C14H17N3O3S. The first-order valence-electron chi connectivity index (χ1n) is 6.86. The summed E-state index contributed by atoms with van der Waals surface area (Å²) in [6.07, 6.45) is 0.815. The summed E-state index contributed by atoms with van der Waals surface area (Å²) in [6, 6.07) is 8.00. The van der Waals surface area contributed by atoms with Gasteiger partial charge in [-0.3, -0.25) is 0 Å². The molecule has 112 valence electrons. The highest BCUT2D eigenvalue weighted by atomic mass is 32.2. The zero-order chi connectivity index (χ0) is 15.0. The molecule has 1 aromatic carbocycles. The molecule has 4 atom stereocenters. The molecule has 0 spiro atoms. The van der Waals surface area contributed by atoms with Crippen molar-refractivity contribution in [1.82, 2.24) is 4.72 Å². The van der Waals surface area contributed by atoms with Gasteiger partial charge < -0.3 is 10.5 Å². The second-order valence-corrected chi connectivity index (χ2v) is 7.33. The van der Waals surface area contributed by atoms with E-state index in [1.807, 2.05) is 6.07 Å². The van der Waals surface area contributed by atoms with Crippen molar-refractivity contribution in [2.45, 2.75) is 30.4 Å². The van der Waals surface area contributed by atoms with Crippen LogP contribution < -0.4 is 10.5 Å². The molecule has 6 nitrogen and oxygen atoms in total. The van der Waals surface area contributed by atoms with E-state index in [2.05, 4.69) is 4.72 Å². The van der Waals surface area contributed by atoms with Crippen molar-refractivity contribution in [3.05, 3.63) is 35.4 Å². The van der Waals surface area contributed by atoms with Crippen LogP contribution in [-0.2, 0) is 20.5 Å². The van der Waals surface area contributed by atoms with Crippen LogP contribution in [0, 0.1) is 17.2 Å². The third-order valence-corrected chi connectivity index (χ3v) is 5.55. The topological polar surface area (TPSA) is 105 Å². The third kappa shape index (κ3) is 2.80. The van der Waals surface area contributed by atoms with E-state index in [1.54, 1.807) is 24.3 Å². The molecule has 0 radical (unpaired) electrons. The molecule has 7 heteroatoms. The highest BCUT2D eigenvalue weighted by Crippen LogP contribution is 2.38. The lowest BCUT2D eigenvalue weighted by atomic mass is 9.73. The van der Waals surface area contributed by atoms with E-state index in [0.717, 1.165) is 6.42 Å². The fourth-order valence-corrected chi connectivity index (χ4v) is 4.46. The summed E-state index contributed by atoms with van der Waals surface area (Å²) < 4.78 is 32.6. The molecule has 3 rings (SSSR count). The van der Waals surface area contributed by atoms with Crippen LogP contribution in [0.5, 0.6) is 0 Å². The van der Waals surface area contributed by atoms with Gasteiger partial charge in [-0.25, -0.2) is 13.1 Å². The van der Waals surface area contributed by atoms with Gasteiger partial charge in [0.2, 0.25) is 10.0 Å². The van der Waals surface area contributed by atoms with Crippen LogP contribution in [0.3, 0.4) is 0 Å². The minimum Gasteiger partial charge on any atom is -0.376 e. The monoisotopic (exact) mass is 307 g/mol. The van der Waals surface area contributed by atoms with Crippen LogP contribution in [0.4, 0.5) is 0 Å². The van der Waals surface area contributed by atoms with Gasteiger partial charge in [-0.05, 0) is 24.1 Å². The number of benzene rings is 1. The van der Waals surface area contributed by atoms with Crippen LogP contribution in [0.15, 0.2) is 24.3 Å². The van der Waals surface area contributed by atoms with Crippen LogP contribution in [0.2, 0.25) is 0 Å². The Morgan fingerprint density at radius 3 is 2.76 bits per heavy atom. The first kappa shape index (κ1) is 14.5. The molecular weight excluding hydrogens is 290 g/mol. The summed E-state index contributed by atoms with van der Waals surface area (Å²) in [5.41, 5.74) is 7.15. The number of nitrogens with two attached hydrogens (primary N) is 1. The molecule has 4 unspecified atom stereocenters. The minimum atomic E-state index is -3.48. The number of hydrogen-bond acceptors (Lipinski definition) is 5. The summed E-state index contributed by atoms with van der Waals surface area (Å²) in [6.45, 7) is 0.650. The van der Waals surface area contributed by atoms with Crippen LogP contribution in [0.1, 0.15) is 17.5 Å². The van der Waals surface area contributed by atoms with Crippen molar-refractivity contribution >= 4 is 10.0 Å². The second-order valence-electron chi connectivity index (χ2n) is 5.58. The molecule has 21 heavy (non-hydrogen) atoms. The zero-order valence-electron chi connectivity index (χ0n) is 11.4. The SMILES string of the molecule is N#Cc1ccc(CS(=O)(=O)NC2C(N)C3CCOC32)cc1. The van der Waals surface area contributed by atoms with Crippen molar-refractivity contribution < 1.29 is 13.2 Å². The normalized spacial score (nSPS) is 31.2. The highest BCUT2D eigenvalue weighted by Gasteiger charge is 2.53. The summed E-state index contributed by atoms with van der Waals surface area (Å²) in [5, 5.41) is 8.73. The summed E-state index contributed by atoms with van der Waals surface area (Å²) in [5.74, 6) is 0.145. The Labute approximate surface area is 123 Å². The predicted molar refractivity (Wildman–Crippen MR) is 76.5 cm³/mol. The van der Waals surface area contributed by atoms with E-state index in [9.17, 15) is 8.42 Å². The molecule has 0 aromatic heterocycles. The third-order valence-electron chi connectivity index (χ3n) is 4.20. The fourth-order valence-electron chi connectivity index (χ4n) is 3.04. The van der Waals surface area contributed by atoms with Gasteiger partial charge >= 0.3 is 0 Å². The predicted octanol–water partition coefficient (Wildman–Crippen LogP) is 0.0923. The van der Waals surface area contributed by atoms with Crippen molar-refractivity contribution in [2.24, 2.45) is 11.7 Å². The number of hydrogen-bond donors (Lipinski definition) is 2. The standard InChI is InChI=1S/C14H17N3O3S/c15-7-9-1-3-10(4-2-9)8-21(18,19)17-13-12(16)11-5-6-20-14(11)13/h1-4,11-14,17H,5-6,8,16H2. The summed E-state index contributed by atoms with van der Waals surface area (Å²) >= 11 is 0. The quantitative estimate of drug-likeness (QED) is 0.820. The maximum absolute atomic E-state index is 12.2. The molecule has 1 saturated heterocycles. The summed E-state index contributed by atoms with van der Waals surface area (Å²) in [7, 11) is -3.48. The molecule has 2 aliphatic rings. The minimum absolute atomic E-state index is 0.0873. The van der Waals surface area contributed by atoms with Gasteiger partial charge in [0.15, 0.2) is 0 Å². The van der Waals surface area contributed by atoms with Crippen molar-refractivity contribution in [3.8, 4) is 6.07 Å². The Morgan fingerprint density at radius 2 is 2.10 bits per heavy atom. The number of rotatable bonds is 4. The number of nitriles is 1. The van der Waals surface area contributed by atoms with Gasteiger partial charge in [0.25, 0.3) is 0 Å². The number of nitrogens with one attached hydrogen (secondary N) is 1. The van der Waals surface area contributed by atoms with Crippen molar-refractivity contribution in [2.75, 3.05) is 6.61 Å². The lowest BCUT2D eigenvalue weighted by Crippen LogP contribution is -2.68. The average molecular weight is 307 g/mol. The zero-order valence-corrected chi connectivity index (χ0v) is 12.2. The maximum Gasteiger partial charge on any atom is 0.216 e. The maximum atomic E-state index is 12.2. The molecule has 1 aromatic rings. The Morgan fingerprint density at radius 1 is 1.38 bits per heavy atom. The van der Waals surface area contributed by atoms with Crippen molar-refractivity contribution in [3.63, 3.8) is 0 Å². The number of fused-ring (bicyclic) bond motifs is 1. The van der Waals surface area contributed by atoms with Gasteiger partial charge in [-0.2, -0.15) is 5.26 Å². The number of nitrogens with zero attached hydrogens (tertiary/aromatic N) is 1. The Kier molecular flexibility index (Phi) is 3.71. The smallest absolute Gasteiger partial charge is 0.216 e. The molecule has 2 fully saturated rings. The molecule has 1 aliphatic heterocycles. The molecule has 0 bridgehead atoms. The average Bonchev–Trinajstić information content (AvgIpc) is 2.90. The van der Waals surface area contributed by atoms with Gasteiger partial charge in [0.05, 0.1) is 29.5 Å². The number of sulfonamides is 1. The largest absolute Gasteiger partial charge is 0.376 e. The van der Waals surface area contributed by atoms with E-state index in [0.29, 0.717) is 17.7 Å². The fraction of sp³-hybridized carbons (Fsp3) is 0.500. The van der Waals surface area contributed by atoms with Gasteiger partial charge in [-0.1, -0.05) is 12.1 Å². The molecule has 1 aliphatic carbocycles. The summed E-state index contributed by atoms with van der Waals surface area (Å²) in [4.78, 5) is 0. The van der Waals surface area contributed by atoms with Crippen LogP contribution in [0.25, 0.3) is 0 Å². The van der Waals surface area contributed by atoms with Gasteiger partial charge in [0, 0.05) is 18.6 Å². The lowest BCUT2D eigenvalue weighted by Gasteiger charge is -2.45. The Hall–Kier alpha value is -1.46. The molecule has 1 saturated carbocycles. The van der Waals surface area contributed by atoms with E-state index >= 15 is 0 Å². The second kappa shape index (κ2) is 5.39. The lowest BCUT2D eigenvalue weighted by molar-refractivity contribution is -0.00925. The van der Waals surface area contributed by atoms with Gasteiger partial charge in [-0.15, -0.1) is 0 Å². The number of ether oxygens (including phenoxy) is 1. The molecule has 3 N–H and O–H groups in total. The van der Waals surface area contributed by atoms with E-state index in [-0.39, 0.29) is 29.9 Å².